The molecule has 6 heteroatoms. The summed E-state index contributed by atoms with van der Waals surface area (Å²) >= 11 is 0. The molecule has 0 atom stereocenters. The van der Waals surface area contributed by atoms with Crippen LogP contribution in [0.5, 0.6) is 0 Å². The van der Waals surface area contributed by atoms with E-state index in [1.807, 2.05) is 6.07 Å². The summed E-state index contributed by atoms with van der Waals surface area (Å²) in [6.45, 7) is 0. The largest absolute Gasteiger partial charge is 0.478 e. The highest BCUT2D eigenvalue weighted by molar-refractivity contribution is 6.02. The Kier molecular flexibility index (Phi) is 3.72. The lowest BCUT2D eigenvalue weighted by Crippen LogP contribution is -2.09. The zero-order valence-corrected chi connectivity index (χ0v) is 9.85. The topological polar surface area (TPSA) is 84.2 Å². The van der Waals surface area contributed by atoms with E-state index >= 15 is 0 Å². The molecule has 1 aromatic carbocycles. The molecular formula is C13H11N3O3. The summed E-state index contributed by atoms with van der Waals surface area (Å²) in [6, 6.07) is 7.12. The van der Waals surface area contributed by atoms with Gasteiger partial charge in [-0.05, 0) is 18.2 Å². The number of anilines is 1. The Labute approximate surface area is 109 Å². The van der Waals surface area contributed by atoms with Crippen LogP contribution < -0.4 is 5.32 Å². The smallest absolute Gasteiger partial charge is 0.328 e. The van der Waals surface area contributed by atoms with Crippen LogP contribution in [0.4, 0.5) is 5.69 Å². The number of carbonyl (C=O) groups is 2. The number of benzene rings is 1. The monoisotopic (exact) mass is 257 g/mol. The first-order chi connectivity index (χ1) is 9.15. The van der Waals surface area contributed by atoms with Gasteiger partial charge in [0.1, 0.15) is 0 Å². The first-order valence-electron chi connectivity index (χ1n) is 5.45. The number of aromatic nitrogens is 2. The van der Waals surface area contributed by atoms with Crippen molar-refractivity contribution in [1.82, 2.24) is 9.55 Å². The normalized spacial score (nSPS) is 10.5. The lowest BCUT2D eigenvalue weighted by atomic mass is 10.2. The van der Waals surface area contributed by atoms with Gasteiger partial charge in [0.2, 0.25) is 5.91 Å². The zero-order chi connectivity index (χ0) is 13.7. The summed E-state index contributed by atoms with van der Waals surface area (Å²) in [5.41, 5.74) is 1.42. The van der Waals surface area contributed by atoms with Gasteiger partial charge in [0.15, 0.2) is 0 Å². The van der Waals surface area contributed by atoms with Crippen molar-refractivity contribution in [3.05, 3.63) is 55.1 Å². The molecule has 2 aromatic rings. The van der Waals surface area contributed by atoms with E-state index in [-0.39, 0.29) is 0 Å². The number of nitrogens with zero attached hydrogens (tertiary/aromatic N) is 2. The number of hydrogen-bond donors (Lipinski definition) is 2. The van der Waals surface area contributed by atoms with Crippen LogP contribution in [0.3, 0.4) is 0 Å². The van der Waals surface area contributed by atoms with Crippen molar-refractivity contribution in [2.75, 3.05) is 5.32 Å². The van der Waals surface area contributed by atoms with Gasteiger partial charge in [0.25, 0.3) is 0 Å². The van der Waals surface area contributed by atoms with E-state index in [0.29, 0.717) is 5.69 Å². The van der Waals surface area contributed by atoms with Gasteiger partial charge < -0.3 is 15.0 Å². The zero-order valence-electron chi connectivity index (χ0n) is 9.85. The summed E-state index contributed by atoms with van der Waals surface area (Å²) < 4.78 is 1.79. The minimum absolute atomic E-state index is 0.495. The van der Waals surface area contributed by atoms with Gasteiger partial charge in [0.05, 0.1) is 6.33 Å². The third-order valence-corrected chi connectivity index (χ3v) is 2.29. The molecule has 0 aliphatic rings. The quantitative estimate of drug-likeness (QED) is 0.812. The van der Waals surface area contributed by atoms with Crippen molar-refractivity contribution >= 4 is 17.6 Å². The molecule has 0 spiro atoms. The minimum atomic E-state index is -1.16. The molecule has 0 radical (unpaired) electrons. The first kappa shape index (κ1) is 12.6. The second-order valence-corrected chi connectivity index (χ2v) is 3.68. The summed E-state index contributed by atoms with van der Waals surface area (Å²) in [5, 5.41) is 11.0. The maximum atomic E-state index is 11.4. The number of carboxylic acids is 1. The van der Waals surface area contributed by atoms with E-state index in [1.54, 1.807) is 41.5 Å². The Morgan fingerprint density at radius 1 is 1.32 bits per heavy atom. The number of aliphatic carboxylic acids is 1. The number of rotatable bonds is 4. The van der Waals surface area contributed by atoms with Crippen molar-refractivity contribution in [2.24, 2.45) is 0 Å². The van der Waals surface area contributed by atoms with Crippen LogP contribution in [0, 0.1) is 0 Å². The second-order valence-electron chi connectivity index (χ2n) is 3.68. The molecule has 0 unspecified atom stereocenters. The van der Waals surface area contributed by atoms with Crippen LogP contribution in [-0.2, 0) is 9.59 Å². The average Bonchev–Trinajstić information content (AvgIpc) is 2.90. The summed E-state index contributed by atoms with van der Waals surface area (Å²) in [6.07, 6.45) is 6.83. The highest BCUT2D eigenvalue weighted by Crippen LogP contribution is 2.14. The maximum Gasteiger partial charge on any atom is 0.328 e. The molecule has 0 aliphatic heterocycles. The standard InChI is InChI=1S/C13H11N3O3/c17-12(4-5-13(18)19)15-10-2-1-3-11(8-10)16-7-6-14-9-16/h1-9H,(H,15,17)(H,18,19)/b5-4+. The Hall–Kier alpha value is -2.89. The molecule has 1 amide bonds. The minimum Gasteiger partial charge on any atom is -0.478 e. The molecule has 0 saturated heterocycles. The van der Waals surface area contributed by atoms with Crippen LogP contribution in [0.2, 0.25) is 0 Å². The van der Waals surface area contributed by atoms with Crippen LogP contribution >= 0.6 is 0 Å². The van der Waals surface area contributed by atoms with Gasteiger partial charge in [-0.1, -0.05) is 6.07 Å². The fraction of sp³-hybridized carbons (Fsp3) is 0. The molecule has 0 fully saturated rings. The Morgan fingerprint density at radius 3 is 2.84 bits per heavy atom. The van der Waals surface area contributed by atoms with Crippen molar-refractivity contribution in [1.29, 1.82) is 0 Å². The van der Waals surface area contributed by atoms with Gasteiger partial charge in [0, 0.05) is 35.9 Å². The molecule has 6 nitrogen and oxygen atoms in total. The Balaban J connectivity index is 2.12. The highest BCUT2D eigenvalue weighted by Gasteiger charge is 2.01. The van der Waals surface area contributed by atoms with Crippen LogP contribution in [0.25, 0.3) is 5.69 Å². The fourth-order valence-electron chi connectivity index (χ4n) is 1.49. The molecule has 0 saturated carbocycles. The Morgan fingerprint density at radius 2 is 2.16 bits per heavy atom. The fourth-order valence-corrected chi connectivity index (χ4v) is 1.49. The first-order valence-corrected chi connectivity index (χ1v) is 5.45. The van der Waals surface area contributed by atoms with Crippen molar-refractivity contribution in [3.8, 4) is 5.69 Å². The summed E-state index contributed by atoms with van der Waals surface area (Å²) in [4.78, 5) is 25.7. The van der Waals surface area contributed by atoms with E-state index in [9.17, 15) is 9.59 Å². The molecule has 19 heavy (non-hydrogen) atoms. The molecule has 2 rings (SSSR count). The van der Waals surface area contributed by atoms with E-state index < -0.39 is 11.9 Å². The number of carboxylic acid groups (broad SMARTS) is 1. The van der Waals surface area contributed by atoms with Crippen LogP contribution in [-0.4, -0.2) is 26.5 Å². The third kappa shape index (κ3) is 3.53. The lowest BCUT2D eigenvalue weighted by Gasteiger charge is -2.06. The predicted molar refractivity (Wildman–Crippen MR) is 69.0 cm³/mol. The van der Waals surface area contributed by atoms with Gasteiger partial charge >= 0.3 is 5.97 Å². The number of nitrogens with one attached hydrogen (secondary N) is 1. The van der Waals surface area contributed by atoms with E-state index in [0.717, 1.165) is 17.8 Å². The Bertz CT molecular complexity index is 618. The van der Waals surface area contributed by atoms with Gasteiger partial charge in [-0.2, -0.15) is 0 Å². The number of carbonyl (C=O) groups excluding carboxylic acids is 1. The molecule has 2 N–H and O–H groups in total. The van der Waals surface area contributed by atoms with E-state index in [1.165, 1.54) is 0 Å². The SMILES string of the molecule is O=C(O)/C=C/C(=O)Nc1cccc(-n2ccnc2)c1. The van der Waals surface area contributed by atoms with Crippen molar-refractivity contribution < 1.29 is 14.7 Å². The molecule has 1 aromatic heterocycles. The third-order valence-electron chi connectivity index (χ3n) is 2.29. The molecule has 96 valence electrons. The highest BCUT2D eigenvalue weighted by atomic mass is 16.4. The van der Waals surface area contributed by atoms with Crippen LogP contribution in [0.15, 0.2) is 55.1 Å². The van der Waals surface area contributed by atoms with Crippen molar-refractivity contribution in [2.45, 2.75) is 0 Å². The van der Waals surface area contributed by atoms with Crippen LogP contribution in [0.1, 0.15) is 0 Å². The van der Waals surface area contributed by atoms with Gasteiger partial charge in [-0.3, -0.25) is 4.79 Å². The maximum absolute atomic E-state index is 11.4. The molecule has 0 aliphatic carbocycles. The lowest BCUT2D eigenvalue weighted by molar-refractivity contribution is -0.131. The second kappa shape index (κ2) is 5.63. The summed E-state index contributed by atoms with van der Waals surface area (Å²) in [5.74, 6) is -1.66. The average molecular weight is 257 g/mol. The number of imidazole rings is 1. The summed E-state index contributed by atoms with van der Waals surface area (Å²) in [7, 11) is 0. The van der Waals surface area contributed by atoms with Gasteiger partial charge in [-0.25, -0.2) is 9.78 Å². The molecular weight excluding hydrogens is 246 g/mol. The molecule has 0 bridgehead atoms. The van der Waals surface area contributed by atoms with E-state index in [4.69, 9.17) is 5.11 Å². The van der Waals surface area contributed by atoms with Gasteiger partial charge in [-0.15, -0.1) is 0 Å². The van der Waals surface area contributed by atoms with E-state index in [2.05, 4.69) is 10.3 Å². The van der Waals surface area contributed by atoms with Crippen molar-refractivity contribution in [3.63, 3.8) is 0 Å². The predicted octanol–water partition coefficient (Wildman–Crippen LogP) is 1.45. The number of hydrogen-bond acceptors (Lipinski definition) is 3. The number of amides is 1. The molecule has 1 heterocycles.